The maximum atomic E-state index is 11.9. The summed E-state index contributed by atoms with van der Waals surface area (Å²) in [4.78, 5) is 11.9. The monoisotopic (exact) mass is 249 g/mol. The topological polar surface area (TPSA) is 38.3 Å². The lowest BCUT2D eigenvalue weighted by molar-refractivity contribution is -0.128. The molecule has 0 spiro atoms. The van der Waals surface area contributed by atoms with Crippen molar-refractivity contribution in [3.8, 4) is 5.75 Å². The summed E-state index contributed by atoms with van der Waals surface area (Å²) in [5, 5.41) is 2.91. The minimum Gasteiger partial charge on any atom is -0.480 e. The maximum absolute atomic E-state index is 11.9. The van der Waals surface area contributed by atoms with Gasteiger partial charge in [-0.2, -0.15) is 0 Å². The molecule has 3 heteroatoms. The third-order valence-electron chi connectivity index (χ3n) is 2.86. The van der Waals surface area contributed by atoms with Gasteiger partial charge in [0.15, 0.2) is 6.10 Å². The van der Waals surface area contributed by atoms with Crippen LogP contribution in [0, 0.1) is 6.92 Å². The molecule has 1 amide bonds. The second-order valence-corrected chi connectivity index (χ2v) is 4.42. The largest absolute Gasteiger partial charge is 0.480 e. The molecule has 0 aliphatic carbocycles. The molecule has 0 aliphatic heterocycles. The van der Waals surface area contributed by atoms with Gasteiger partial charge in [0.2, 0.25) is 0 Å². The standard InChI is InChI=1S/C15H23NO2/c1-4-6-11-16-15(17)13(5-2)18-14-10-8-7-9-12(14)3/h7-10,13H,4-6,11H2,1-3H3,(H,16,17)/t13-/m0/s1. The van der Waals surface area contributed by atoms with Gasteiger partial charge in [0.25, 0.3) is 5.91 Å². The molecule has 0 aliphatic rings. The van der Waals surface area contributed by atoms with Crippen molar-refractivity contribution >= 4 is 5.91 Å². The summed E-state index contributed by atoms with van der Waals surface area (Å²) >= 11 is 0. The van der Waals surface area contributed by atoms with Crippen LogP contribution in [0.25, 0.3) is 0 Å². The summed E-state index contributed by atoms with van der Waals surface area (Å²) in [6.45, 7) is 6.77. The fourth-order valence-electron chi connectivity index (χ4n) is 1.67. The van der Waals surface area contributed by atoms with E-state index in [1.165, 1.54) is 0 Å². The van der Waals surface area contributed by atoms with Crippen LogP contribution < -0.4 is 10.1 Å². The molecular formula is C15H23NO2. The van der Waals surface area contributed by atoms with Crippen LogP contribution >= 0.6 is 0 Å². The minimum atomic E-state index is -0.400. The first kappa shape index (κ1) is 14.6. The van der Waals surface area contributed by atoms with Crippen LogP contribution in [0.15, 0.2) is 24.3 Å². The number of unbranched alkanes of at least 4 members (excludes halogenated alkanes) is 1. The van der Waals surface area contributed by atoms with E-state index in [2.05, 4.69) is 12.2 Å². The quantitative estimate of drug-likeness (QED) is 0.754. The number of benzene rings is 1. The van der Waals surface area contributed by atoms with Crippen molar-refractivity contribution in [2.45, 2.75) is 46.1 Å². The van der Waals surface area contributed by atoms with Gasteiger partial charge >= 0.3 is 0 Å². The summed E-state index contributed by atoms with van der Waals surface area (Å²) in [7, 11) is 0. The third-order valence-corrected chi connectivity index (χ3v) is 2.86. The zero-order chi connectivity index (χ0) is 13.4. The number of rotatable bonds is 7. The SMILES string of the molecule is CCCCNC(=O)[C@H](CC)Oc1ccccc1C. The van der Waals surface area contributed by atoms with Crippen molar-refractivity contribution in [3.05, 3.63) is 29.8 Å². The number of para-hydroxylation sites is 1. The van der Waals surface area contributed by atoms with Crippen LogP contribution in [0.5, 0.6) is 5.75 Å². The highest BCUT2D eigenvalue weighted by atomic mass is 16.5. The molecule has 0 aromatic heterocycles. The number of ether oxygens (including phenoxy) is 1. The van der Waals surface area contributed by atoms with Crippen molar-refractivity contribution in [1.82, 2.24) is 5.32 Å². The second kappa shape index (κ2) is 7.75. The van der Waals surface area contributed by atoms with Gasteiger partial charge < -0.3 is 10.1 Å². The molecule has 18 heavy (non-hydrogen) atoms. The fourth-order valence-corrected chi connectivity index (χ4v) is 1.67. The summed E-state index contributed by atoms with van der Waals surface area (Å²) in [6, 6.07) is 7.77. The van der Waals surface area contributed by atoms with Crippen molar-refractivity contribution in [3.63, 3.8) is 0 Å². The lowest BCUT2D eigenvalue weighted by Crippen LogP contribution is -2.38. The van der Waals surface area contributed by atoms with Crippen molar-refractivity contribution in [2.24, 2.45) is 0 Å². The normalized spacial score (nSPS) is 11.9. The Hall–Kier alpha value is -1.51. The zero-order valence-electron chi connectivity index (χ0n) is 11.5. The van der Waals surface area contributed by atoms with E-state index in [0.717, 1.165) is 30.7 Å². The number of aryl methyl sites for hydroxylation is 1. The Kier molecular flexibility index (Phi) is 6.26. The third kappa shape index (κ3) is 4.40. The fraction of sp³-hybridized carbons (Fsp3) is 0.533. The number of carbonyl (C=O) groups excluding carboxylic acids is 1. The van der Waals surface area contributed by atoms with Crippen molar-refractivity contribution in [1.29, 1.82) is 0 Å². The predicted octanol–water partition coefficient (Wildman–Crippen LogP) is 3.07. The summed E-state index contributed by atoms with van der Waals surface area (Å²) < 4.78 is 5.77. The Morgan fingerprint density at radius 1 is 1.33 bits per heavy atom. The molecule has 0 saturated heterocycles. The highest BCUT2D eigenvalue weighted by molar-refractivity contribution is 5.81. The van der Waals surface area contributed by atoms with Gasteiger partial charge in [-0.25, -0.2) is 0 Å². The van der Waals surface area contributed by atoms with Crippen molar-refractivity contribution < 1.29 is 9.53 Å². The maximum Gasteiger partial charge on any atom is 0.261 e. The van der Waals surface area contributed by atoms with Gasteiger partial charge in [-0.05, 0) is 31.4 Å². The van der Waals surface area contributed by atoms with E-state index >= 15 is 0 Å². The predicted molar refractivity (Wildman–Crippen MR) is 73.8 cm³/mol. The smallest absolute Gasteiger partial charge is 0.261 e. The van der Waals surface area contributed by atoms with Gasteiger partial charge in [0.1, 0.15) is 5.75 Å². The Balaban J connectivity index is 2.56. The molecule has 0 saturated carbocycles. The number of nitrogens with one attached hydrogen (secondary N) is 1. The zero-order valence-corrected chi connectivity index (χ0v) is 11.5. The molecule has 0 heterocycles. The number of carbonyl (C=O) groups is 1. The van der Waals surface area contributed by atoms with Crippen LogP contribution in [0.1, 0.15) is 38.7 Å². The van der Waals surface area contributed by atoms with E-state index < -0.39 is 6.10 Å². The van der Waals surface area contributed by atoms with Gasteiger partial charge in [-0.1, -0.05) is 38.5 Å². The van der Waals surface area contributed by atoms with Crippen LogP contribution in [0.2, 0.25) is 0 Å². The molecule has 1 N–H and O–H groups in total. The van der Waals surface area contributed by atoms with Gasteiger partial charge in [-0.15, -0.1) is 0 Å². The van der Waals surface area contributed by atoms with E-state index in [1.54, 1.807) is 0 Å². The number of hydrogen-bond acceptors (Lipinski definition) is 2. The van der Waals surface area contributed by atoms with Crippen LogP contribution in [-0.4, -0.2) is 18.6 Å². The first-order chi connectivity index (χ1) is 8.69. The molecule has 0 radical (unpaired) electrons. The van der Waals surface area contributed by atoms with Gasteiger partial charge in [0.05, 0.1) is 0 Å². The minimum absolute atomic E-state index is 0.0193. The number of hydrogen-bond donors (Lipinski definition) is 1. The lowest BCUT2D eigenvalue weighted by atomic mass is 10.2. The van der Waals surface area contributed by atoms with Gasteiger partial charge in [-0.3, -0.25) is 4.79 Å². The molecule has 0 fully saturated rings. The lowest BCUT2D eigenvalue weighted by Gasteiger charge is -2.18. The van der Waals surface area contributed by atoms with Crippen LogP contribution in [0.4, 0.5) is 0 Å². The molecule has 1 aromatic carbocycles. The molecule has 1 aromatic rings. The van der Waals surface area contributed by atoms with Crippen LogP contribution in [0.3, 0.4) is 0 Å². The highest BCUT2D eigenvalue weighted by Crippen LogP contribution is 2.18. The first-order valence-corrected chi connectivity index (χ1v) is 6.69. The highest BCUT2D eigenvalue weighted by Gasteiger charge is 2.18. The molecule has 1 atom stereocenters. The molecule has 0 unspecified atom stereocenters. The average Bonchev–Trinajstić information content (AvgIpc) is 2.38. The van der Waals surface area contributed by atoms with E-state index in [-0.39, 0.29) is 5.91 Å². The molecule has 3 nitrogen and oxygen atoms in total. The summed E-state index contributed by atoms with van der Waals surface area (Å²) in [6.07, 6.45) is 2.36. The molecular weight excluding hydrogens is 226 g/mol. The Morgan fingerprint density at radius 3 is 2.67 bits per heavy atom. The van der Waals surface area contributed by atoms with E-state index in [9.17, 15) is 4.79 Å². The molecule has 100 valence electrons. The van der Waals surface area contributed by atoms with E-state index in [4.69, 9.17) is 4.74 Å². The second-order valence-electron chi connectivity index (χ2n) is 4.42. The summed E-state index contributed by atoms with van der Waals surface area (Å²) in [5.74, 6) is 0.768. The van der Waals surface area contributed by atoms with Gasteiger partial charge in [0, 0.05) is 6.54 Å². The summed E-state index contributed by atoms with van der Waals surface area (Å²) in [5.41, 5.74) is 1.05. The number of amides is 1. The Bertz CT molecular complexity index is 377. The van der Waals surface area contributed by atoms with E-state index in [0.29, 0.717) is 6.42 Å². The van der Waals surface area contributed by atoms with E-state index in [1.807, 2.05) is 38.1 Å². The first-order valence-electron chi connectivity index (χ1n) is 6.69. The Labute approximate surface area is 110 Å². The molecule has 0 bridgehead atoms. The van der Waals surface area contributed by atoms with Crippen molar-refractivity contribution in [2.75, 3.05) is 6.54 Å². The van der Waals surface area contributed by atoms with Crippen LogP contribution in [-0.2, 0) is 4.79 Å². The molecule has 1 rings (SSSR count). The Morgan fingerprint density at radius 2 is 2.06 bits per heavy atom. The average molecular weight is 249 g/mol.